The molecule has 0 aliphatic carbocycles. The molecule has 0 fully saturated rings. The summed E-state index contributed by atoms with van der Waals surface area (Å²) in [7, 11) is 0. The van der Waals surface area contributed by atoms with Crippen molar-refractivity contribution in [1.29, 1.82) is 0 Å². The second-order valence-electron chi connectivity index (χ2n) is 4.97. The van der Waals surface area contributed by atoms with Gasteiger partial charge < -0.3 is 10.4 Å². The highest BCUT2D eigenvalue weighted by molar-refractivity contribution is 7.07. The number of rotatable bonds is 6. The number of aromatic hydroxyl groups is 1. The van der Waals surface area contributed by atoms with Gasteiger partial charge in [-0.15, -0.1) is 0 Å². The van der Waals surface area contributed by atoms with E-state index in [1.54, 1.807) is 23.5 Å². The Labute approximate surface area is 123 Å². The Kier molecular flexibility index (Phi) is 5.18. The van der Waals surface area contributed by atoms with Gasteiger partial charge in [-0.1, -0.05) is 12.1 Å². The second-order valence-corrected chi connectivity index (χ2v) is 5.75. The van der Waals surface area contributed by atoms with E-state index in [1.165, 1.54) is 5.56 Å². The fraction of sp³-hybridized carbons (Fsp3) is 0.312. The zero-order chi connectivity index (χ0) is 14.4. The molecular formula is C16H19NO2S. The third kappa shape index (κ3) is 4.70. The van der Waals surface area contributed by atoms with Crippen LogP contribution in [0, 0.1) is 0 Å². The summed E-state index contributed by atoms with van der Waals surface area (Å²) in [5.74, 6) is 0.351. The fourth-order valence-corrected chi connectivity index (χ4v) is 2.78. The van der Waals surface area contributed by atoms with Crippen LogP contribution < -0.4 is 5.32 Å². The van der Waals surface area contributed by atoms with Crippen LogP contribution in [-0.2, 0) is 17.6 Å². The first-order valence-electron chi connectivity index (χ1n) is 6.72. The molecule has 1 atom stereocenters. The molecule has 106 valence electrons. The summed E-state index contributed by atoms with van der Waals surface area (Å²) in [4.78, 5) is 11.8. The maximum atomic E-state index is 11.8. The lowest BCUT2D eigenvalue weighted by Crippen LogP contribution is -2.34. The minimum absolute atomic E-state index is 0.0856. The molecule has 0 aliphatic rings. The van der Waals surface area contributed by atoms with Crippen LogP contribution in [0.5, 0.6) is 5.75 Å². The Morgan fingerprint density at radius 2 is 2.00 bits per heavy atom. The molecule has 20 heavy (non-hydrogen) atoms. The number of aryl methyl sites for hydroxylation is 1. The Morgan fingerprint density at radius 1 is 1.25 bits per heavy atom. The minimum Gasteiger partial charge on any atom is -0.508 e. The number of amides is 1. The van der Waals surface area contributed by atoms with Gasteiger partial charge in [-0.25, -0.2) is 0 Å². The maximum absolute atomic E-state index is 11.8. The van der Waals surface area contributed by atoms with E-state index in [1.807, 2.05) is 24.4 Å². The van der Waals surface area contributed by atoms with E-state index in [2.05, 4.69) is 16.8 Å². The predicted octanol–water partition coefficient (Wildman–Crippen LogP) is 3.13. The van der Waals surface area contributed by atoms with E-state index in [0.717, 1.165) is 18.4 Å². The SMILES string of the molecule is CC(Cc1ccc(O)cc1)NC(=O)CCc1ccsc1. The number of carbonyl (C=O) groups excluding carboxylic acids is 1. The highest BCUT2D eigenvalue weighted by Crippen LogP contribution is 2.12. The van der Waals surface area contributed by atoms with Crippen LogP contribution in [0.2, 0.25) is 0 Å². The molecule has 2 rings (SSSR count). The Hall–Kier alpha value is -1.81. The fourth-order valence-electron chi connectivity index (χ4n) is 2.08. The average Bonchev–Trinajstić information content (AvgIpc) is 2.92. The van der Waals surface area contributed by atoms with Crippen molar-refractivity contribution in [3.8, 4) is 5.75 Å². The van der Waals surface area contributed by atoms with Gasteiger partial charge in [0.05, 0.1) is 0 Å². The van der Waals surface area contributed by atoms with Crippen molar-refractivity contribution in [2.45, 2.75) is 32.2 Å². The van der Waals surface area contributed by atoms with Crippen LogP contribution in [0.15, 0.2) is 41.1 Å². The van der Waals surface area contributed by atoms with Crippen molar-refractivity contribution in [2.75, 3.05) is 0 Å². The van der Waals surface area contributed by atoms with E-state index in [-0.39, 0.29) is 17.7 Å². The number of benzene rings is 1. The van der Waals surface area contributed by atoms with Crippen molar-refractivity contribution in [3.63, 3.8) is 0 Å². The number of hydrogen-bond acceptors (Lipinski definition) is 3. The number of nitrogens with one attached hydrogen (secondary N) is 1. The third-order valence-electron chi connectivity index (χ3n) is 3.11. The molecule has 1 aromatic heterocycles. The quantitative estimate of drug-likeness (QED) is 0.858. The topological polar surface area (TPSA) is 49.3 Å². The third-order valence-corrected chi connectivity index (χ3v) is 3.84. The summed E-state index contributed by atoms with van der Waals surface area (Å²) < 4.78 is 0. The molecule has 0 saturated heterocycles. The number of carbonyl (C=O) groups is 1. The molecule has 1 unspecified atom stereocenters. The highest BCUT2D eigenvalue weighted by atomic mass is 32.1. The lowest BCUT2D eigenvalue weighted by Gasteiger charge is -2.14. The Morgan fingerprint density at radius 3 is 2.65 bits per heavy atom. The van der Waals surface area contributed by atoms with Crippen molar-refractivity contribution in [2.24, 2.45) is 0 Å². The number of thiophene rings is 1. The van der Waals surface area contributed by atoms with E-state index < -0.39 is 0 Å². The standard InChI is InChI=1S/C16H19NO2S/c1-12(10-13-2-5-15(18)6-3-13)17-16(19)7-4-14-8-9-20-11-14/h2-3,5-6,8-9,11-12,18H,4,7,10H2,1H3,(H,17,19). The first-order valence-corrected chi connectivity index (χ1v) is 7.66. The molecule has 1 heterocycles. The predicted molar refractivity (Wildman–Crippen MR) is 82.1 cm³/mol. The van der Waals surface area contributed by atoms with Gasteiger partial charge in [0, 0.05) is 12.5 Å². The first kappa shape index (κ1) is 14.6. The maximum Gasteiger partial charge on any atom is 0.220 e. The lowest BCUT2D eigenvalue weighted by atomic mass is 10.1. The summed E-state index contributed by atoms with van der Waals surface area (Å²) in [5, 5.41) is 16.3. The molecule has 1 aromatic carbocycles. The van der Waals surface area contributed by atoms with Crippen LogP contribution in [0.3, 0.4) is 0 Å². The molecule has 4 heteroatoms. The van der Waals surface area contributed by atoms with Crippen molar-refractivity contribution in [3.05, 3.63) is 52.2 Å². The molecule has 0 saturated carbocycles. The molecular weight excluding hydrogens is 270 g/mol. The van der Waals surface area contributed by atoms with Crippen LogP contribution in [0.25, 0.3) is 0 Å². The zero-order valence-corrected chi connectivity index (χ0v) is 12.3. The number of phenolic OH excluding ortho intramolecular Hbond substituents is 1. The van der Waals surface area contributed by atoms with Gasteiger partial charge in [0.25, 0.3) is 0 Å². The Bertz CT molecular complexity index is 534. The summed E-state index contributed by atoms with van der Waals surface area (Å²) >= 11 is 1.66. The monoisotopic (exact) mass is 289 g/mol. The van der Waals surface area contributed by atoms with Gasteiger partial charge in [0.15, 0.2) is 0 Å². The van der Waals surface area contributed by atoms with Crippen molar-refractivity contribution < 1.29 is 9.90 Å². The van der Waals surface area contributed by atoms with Crippen LogP contribution in [0.1, 0.15) is 24.5 Å². The normalized spacial score (nSPS) is 12.1. The largest absolute Gasteiger partial charge is 0.508 e. The van der Waals surface area contributed by atoms with E-state index in [4.69, 9.17) is 0 Å². The van der Waals surface area contributed by atoms with Crippen molar-refractivity contribution >= 4 is 17.2 Å². The molecule has 0 bridgehead atoms. The Balaban J connectivity index is 1.74. The number of hydrogen-bond donors (Lipinski definition) is 2. The minimum atomic E-state index is 0.0856. The van der Waals surface area contributed by atoms with E-state index in [0.29, 0.717) is 6.42 Å². The first-order chi connectivity index (χ1) is 9.63. The van der Waals surface area contributed by atoms with Crippen LogP contribution in [-0.4, -0.2) is 17.1 Å². The van der Waals surface area contributed by atoms with E-state index >= 15 is 0 Å². The number of phenols is 1. The summed E-state index contributed by atoms with van der Waals surface area (Å²) in [5.41, 5.74) is 2.32. The molecule has 2 aromatic rings. The van der Waals surface area contributed by atoms with Gasteiger partial charge in [0.1, 0.15) is 5.75 Å². The van der Waals surface area contributed by atoms with Gasteiger partial charge in [0.2, 0.25) is 5.91 Å². The second kappa shape index (κ2) is 7.10. The molecule has 0 radical (unpaired) electrons. The van der Waals surface area contributed by atoms with Gasteiger partial charge in [-0.2, -0.15) is 11.3 Å². The van der Waals surface area contributed by atoms with Crippen LogP contribution in [0.4, 0.5) is 0 Å². The zero-order valence-electron chi connectivity index (χ0n) is 11.5. The smallest absolute Gasteiger partial charge is 0.220 e. The van der Waals surface area contributed by atoms with E-state index in [9.17, 15) is 9.90 Å². The summed E-state index contributed by atoms with van der Waals surface area (Å²) in [6.07, 6.45) is 2.09. The van der Waals surface area contributed by atoms with Crippen molar-refractivity contribution in [1.82, 2.24) is 5.32 Å². The molecule has 0 spiro atoms. The van der Waals surface area contributed by atoms with Gasteiger partial charge in [-0.05, 0) is 59.9 Å². The van der Waals surface area contributed by atoms with Gasteiger partial charge in [-0.3, -0.25) is 4.79 Å². The van der Waals surface area contributed by atoms with Gasteiger partial charge >= 0.3 is 0 Å². The highest BCUT2D eigenvalue weighted by Gasteiger charge is 2.08. The summed E-state index contributed by atoms with van der Waals surface area (Å²) in [6, 6.07) is 9.24. The lowest BCUT2D eigenvalue weighted by molar-refractivity contribution is -0.121. The summed E-state index contributed by atoms with van der Waals surface area (Å²) in [6.45, 7) is 2.00. The average molecular weight is 289 g/mol. The molecule has 0 aliphatic heterocycles. The molecule has 3 nitrogen and oxygen atoms in total. The molecule has 1 amide bonds. The van der Waals surface area contributed by atoms with Crippen LogP contribution >= 0.6 is 11.3 Å². The molecule has 2 N–H and O–H groups in total.